The SMILES string of the molecule is O=C(COc1ccc(C2=Nc3ccccc3N[C@H](c3ccccc3)C2)cc1)Nc1ccccc1. The highest BCUT2D eigenvalue weighted by atomic mass is 16.5. The van der Waals surface area contributed by atoms with Gasteiger partial charge in [-0.3, -0.25) is 9.79 Å². The molecule has 0 aromatic heterocycles. The maximum Gasteiger partial charge on any atom is 0.262 e. The lowest BCUT2D eigenvalue weighted by molar-refractivity contribution is -0.118. The molecule has 1 aliphatic heterocycles. The highest BCUT2D eigenvalue weighted by Gasteiger charge is 2.21. The van der Waals surface area contributed by atoms with Crippen molar-refractivity contribution in [3.8, 4) is 5.75 Å². The zero-order valence-electron chi connectivity index (χ0n) is 18.6. The second-order valence-electron chi connectivity index (χ2n) is 8.11. The van der Waals surface area contributed by atoms with Crippen LogP contribution < -0.4 is 15.4 Å². The molecule has 0 fully saturated rings. The van der Waals surface area contributed by atoms with E-state index in [1.165, 1.54) is 5.56 Å². The van der Waals surface area contributed by atoms with Gasteiger partial charge >= 0.3 is 0 Å². The molecular formula is C29H25N3O2. The quantitative estimate of drug-likeness (QED) is 0.360. The van der Waals surface area contributed by atoms with Crippen molar-refractivity contribution < 1.29 is 9.53 Å². The van der Waals surface area contributed by atoms with Crippen molar-refractivity contribution in [2.75, 3.05) is 17.2 Å². The lowest BCUT2D eigenvalue weighted by Gasteiger charge is -2.19. The van der Waals surface area contributed by atoms with E-state index in [1.54, 1.807) is 0 Å². The van der Waals surface area contributed by atoms with Crippen molar-refractivity contribution in [2.45, 2.75) is 12.5 Å². The average Bonchev–Trinajstić information content (AvgIpc) is 3.09. The molecule has 1 heterocycles. The Morgan fingerprint density at radius 3 is 2.29 bits per heavy atom. The average molecular weight is 448 g/mol. The van der Waals surface area contributed by atoms with Gasteiger partial charge in [0.15, 0.2) is 6.61 Å². The van der Waals surface area contributed by atoms with Gasteiger partial charge in [-0.05, 0) is 59.7 Å². The van der Waals surface area contributed by atoms with Crippen LogP contribution in [0.25, 0.3) is 0 Å². The maximum atomic E-state index is 12.2. The number of anilines is 2. The van der Waals surface area contributed by atoms with Gasteiger partial charge in [0, 0.05) is 12.1 Å². The lowest BCUT2D eigenvalue weighted by atomic mass is 9.97. The number of fused-ring (bicyclic) bond motifs is 1. The molecule has 0 unspecified atom stereocenters. The number of nitrogens with zero attached hydrogens (tertiary/aromatic N) is 1. The third-order valence-corrected chi connectivity index (χ3v) is 5.70. The minimum Gasteiger partial charge on any atom is -0.484 e. The Labute approximate surface area is 199 Å². The van der Waals surface area contributed by atoms with Gasteiger partial charge < -0.3 is 15.4 Å². The highest BCUT2D eigenvalue weighted by molar-refractivity contribution is 6.04. The summed E-state index contributed by atoms with van der Waals surface area (Å²) in [6, 6.07) is 35.8. The summed E-state index contributed by atoms with van der Waals surface area (Å²) >= 11 is 0. The summed E-state index contributed by atoms with van der Waals surface area (Å²) < 4.78 is 5.69. The first-order valence-electron chi connectivity index (χ1n) is 11.3. The van der Waals surface area contributed by atoms with Crippen LogP contribution >= 0.6 is 0 Å². The van der Waals surface area contributed by atoms with Crippen LogP contribution in [-0.2, 0) is 4.79 Å². The first kappa shape index (κ1) is 21.5. The molecule has 4 aromatic carbocycles. The highest BCUT2D eigenvalue weighted by Crippen LogP contribution is 2.35. The van der Waals surface area contributed by atoms with Crippen molar-refractivity contribution >= 4 is 28.7 Å². The number of benzene rings is 4. The maximum absolute atomic E-state index is 12.2. The summed E-state index contributed by atoms with van der Waals surface area (Å²) in [5.41, 5.74) is 5.95. The molecule has 5 nitrogen and oxygen atoms in total. The second kappa shape index (κ2) is 10.0. The van der Waals surface area contributed by atoms with Crippen LogP contribution in [0, 0.1) is 0 Å². The molecule has 0 spiro atoms. The number of rotatable bonds is 6. The number of para-hydroxylation sites is 3. The van der Waals surface area contributed by atoms with E-state index in [9.17, 15) is 4.79 Å². The largest absolute Gasteiger partial charge is 0.484 e. The Kier molecular flexibility index (Phi) is 6.34. The van der Waals surface area contributed by atoms with Crippen LogP contribution in [0.5, 0.6) is 5.75 Å². The molecule has 1 aliphatic rings. The molecule has 168 valence electrons. The molecule has 1 amide bonds. The zero-order chi connectivity index (χ0) is 23.2. The number of carbonyl (C=O) groups excluding carboxylic acids is 1. The van der Waals surface area contributed by atoms with E-state index < -0.39 is 0 Å². The Hall–Kier alpha value is -4.38. The first-order valence-corrected chi connectivity index (χ1v) is 11.3. The van der Waals surface area contributed by atoms with Crippen molar-refractivity contribution in [3.63, 3.8) is 0 Å². The lowest BCUT2D eigenvalue weighted by Crippen LogP contribution is -2.20. The summed E-state index contributed by atoms with van der Waals surface area (Å²) in [6.45, 7) is -0.0530. The number of aliphatic imine (C=N–C) groups is 1. The van der Waals surface area contributed by atoms with Crippen LogP contribution in [0.4, 0.5) is 17.1 Å². The Balaban J connectivity index is 1.31. The first-order chi connectivity index (χ1) is 16.7. The number of carbonyl (C=O) groups is 1. The summed E-state index contributed by atoms with van der Waals surface area (Å²) in [5.74, 6) is 0.441. The summed E-state index contributed by atoms with van der Waals surface area (Å²) in [6.07, 6.45) is 0.748. The minimum absolute atomic E-state index is 0.0530. The van der Waals surface area contributed by atoms with Crippen molar-refractivity contribution in [1.82, 2.24) is 0 Å². The molecule has 2 N–H and O–H groups in total. The van der Waals surface area contributed by atoms with E-state index in [0.717, 1.165) is 34.8 Å². The van der Waals surface area contributed by atoms with Crippen LogP contribution in [0.1, 0.15) is 23.6 Å². The monoisotopic (exact) mass is 447 g/mol. The van der Waals surface area contributed by atoms with Gasteiger partial charge in [-0.2, -0.15) is 0 Å². The standard InChI is InChI=1S/C29H25N3O2/c33-29(30-23-11-5-2-6-12-23)20-34-24-17-15-22(16-18-24)28-19-27(21-9-3-1-4-10-21)31-25-13-7-8-14-26(25)32-28/h1-18,27,31H,19-20H2,(H,30,33)/t27-/m0/s1. The van der Waals surface area contributed by atoms with Crippen molar-refractivity contribution in [3.05, 3.63) is 120 Å². The number of ether oxygens (including phenoxy) is 1. The van der Waals surface area contributed by atoms with Gasteiger partial charge in [-0.15, -0.1) is 0 Å². The van der Waals surface area contributed by atoms with Crippen molar-refractivity contribution in [1.29, 1.82) is 0 Å². The fourth-order valence-corrected chi connectivity index (χ4v) is 4.00. The predicted octanol–water partition coefficient (Wildman–Crippen LogP) is 6.38. The Bertz CT molecular complexity index is 1290. The Morgan fingerprint density at radius 1 is 0.853 bits per heavy atom. The van der Waals surface area contributed by atoms with E-state index >= 15 is 0 Å². The molecule has 0 radical (unpaired) electrons. The Morgan fingerprint density at radius 2 is 1.53 bits per heavy atom. The van der Waals surface area contributed by atoms with E-state index in [1.807, 2.05) is 78.9 Å². The molecule has 5 heteroatoms. The normalized spacial score (nSPS) is 14.7. The van der Waals surface area contributed by atoms with E-state index in [-0.39, 0.29) is 18.6 Å². The number of hydrogen-bond acceptors (Lipinski definition) is 4. The van der Waals surface area contributed by atoms with Crippen molar-refractivity contribution in [2.24, 2.45) is 4.99 Å². The molecule has 0 saturated heterocycles. The molecule has 0 saturated carbocycles. The fraction of sp³-hybridized carbons (Fsp3) is 0.103. The fourth-order valence-electron chi connectivity index (χ4n) is 4.00. The minimum atomic E-state index is -0.197. The number of nitrogens with one attached hydrogen (secondary N) is 2. The van der Waals surface area contributed by atoms with Gasteiger partial charge in [0.1, 0.15) is 5.75 Å². The van der Waals surface area contributed by atoms with E-state index in [0.29, 0.717) is 5.75 Å². The van der Waals surface area contributed by atoms with Crippen LogP contribution in [-0.4, -0.2) is 18.2 Å². The van der Waals surface area contributed by atoms with E-state index in [4.69, 9.17) is 9.73 Å². The molecular weight excluding hydrogens is 422 g/mol. The third-order valence-electron chi connectivity index (χ3n) is 5.70. The van der Waals surface area contributed by atoms with Gasteiger partial charge in [-0.25, -0.2) is 0 Å². The summed E-state index contributed by atoms with van der Waals surface area (Å²) in [4.78, 5) is 17.1. The predicted molar refractivity (Wildman–Crippen MR) is 137 cm³/mol. The van der Waals surface area contributed by atoms with Gasteiger partial charge in [0.25, 0.3) is 5.91 Å². The smallest absolute Gasteiger partial charge is 0.262 e. The van der Waals surface area contributed by atoms with Gasteiger partial charge in [-0.1, -0.05) is 60.7 Å². The summed E-state index contributed by atoms with van der Waals surface area (Å²) in [5, 5.41) is 6.48. The van der Waals surface area contributed by atoms with E-state index in [2.05, 4.69) is 41.0 Å². The topological polar surface area (TPSA) is 62.7 Å². The van der Waals surface area contributed by atoms with Crippen LogP contribution in [0.15, 0.2) is 114 Å². The molecule has 34 heavy (non-hydrogen) atoms. The van der Waals surface area contributed by atoms with Gasteiger partial charge in [0.2, 0.25) is 0 Å². The van der Waals surface area contributed by atoms with Crippen LogP contribution in [0.3, 0.4) is 0 Å². The molecule has 0 aliphatic carbocycles. The number of hydrogen-bond donors (Lipinski definition) is 2. The molecule has 1 atom stereocenters. The molecule has 5 rings (SSSR count). The van der Waals surface area contributed by atoms with Gasteiger partial charge in [0.05, 0.1) is 23.1 Å². The third kappa shape index (κ3) is 5.15. The second-order valence-corrected chi connectivity index (χ2v) is 8.11. The molecule has 4 aromatic rings. The van der Waals surface area contributed by atoms with Crippen LogP contribution in [0.2, 0.25) is 0 Å². The zero-order valence-corrected chi connectivity index (χ0v) is 18.6. The number of amides is 1. The molecule has 0 bridgehead atoms. The summed E-state index contributed by atoms with van der Waals surface area (Å²) in [7, 11) is 0.